The Kier molecular flexibility index (Phi) is 4.57. The number of halogens is 3. The SMILES string of the molecule is C[C@H](Nc1nc(Nc2cc(C3CC3)[nH]n2)cc(C(F)(F)F)n1)c1ccc2[nH]ccc2c1. The summed E-state index contributed by atoms with van der Waals surface area (Å²) in [6.45, 7) is 1.85. The van der Waals surface area contributed by atoms with E-state index in [4.69, 9.17) is 0 Å². The molecule has 3 aromatic heterocycles. The zero-order valence-electron chi connectivity index (χ0n) is 16.6. The van der Waals surface area contributed by atoms with Crippen LogP contribution in [0, 0.1) is 0 Å². The molecular weight excluding hydrogens is 407 g/mol. The third kappa shape index (κ3) is 4.18. The van der Waals surface area contributed by atoms with Gasteiger partial charge < -0.3 is 15.6 Å². The summed E-state index contributed by atoms with van der Waals surface area (Å²) in [5, 5.41) is 13.9. The summed E-state index contributed by atoms with van der Waals surface area (Å²) in [5.41, 5.74) is 1.84. The average molecular weight is 427 g/mol. The topological polar surface area (TPSA) is 94.3 Å². The molecule has 5 rings (SSSR count). The number of rotatable bonds is 6. The van der Waals surface area contributed by atoms with Crippen LogP contribution in [-0.2, 0) is 6.18 Å². The number of benzene rings is 1. The first-order chi connectivity index (χ1) is 14.8. The summed E-state index contributed by atoms with van der Waals surface area (Å²) < 4.78 is 40.3. The number of alkyl halides is 3. The highest BCUT2D eigenvalue weighted by atomic mass is 19.4. The Hall–Kier alpha value is -3.56. The van der Waals surface area contributed by atoms with Gasteiger partial charge in [0, 0.05) is 35.5 Å². The fourth-order valence-corrected chi connectivity index (χ4v) is 3.47. The van der Waals surface area contributed by atoms with Crippen molar-refractivity contribution >= 4 is 28.5 Å². The van der Waals surface area contributed by atoms with Crippen LogP contribution in [0.2, 0.25) is 0 Å². The first-order valence-corrected chi connectivity index (χ1v) is 9.97. The van der Waals surface area contributed by atoms with E-state index in [9.17, 15) is 13.2 Å². The standard InChI is InChI=1S/C21H20F3N7/c1-11(13-4-5-15-14(8-13)6-7-25-15)26-20-27-17(21(22,23)24)10-18(29-20)28-19-9-16(30-31-19)12-2-3-12/h4-12,25H,2-3H2,1H3,(H3,26,27,28,29,30,31)/t11-/m0/s1. The number of anilines is 3. The molecule has 4 aromatic rings. The van der Waals surface area contributed by atoms with E-state index in [1.807, 2.05) is 37.4 Å². The molecule has 1 aliphatic rings. The Labute approximate surface area is 175 Å². The van der Waals surface area contributed by atoms with Crippen molar-refractivity contribution in [2.24, 2.45) is 0 Å². The molecule has 0 saturated heterocycles. The fourth-order valence-electron chi connectivity index (χ4n) is 3.47. The molecule has 1 aliphatic carbocycles. The van der Waals surface area contributed by atoms with Gasteiger partial charge in [0.1, 0.15) is 5.82 Å². The number of aromatic nitrogens is 5. The maximum Gasteiger partial charge on any atom is 0.433 e. The van der Waals surface area contributed by atoms with Crippen molar-refractivity contribution < 1.29 is 13.2 Å². The van der Waals surface area contributed by atoms with Crippen LogP contribution >= 0.6 is 0 Å². The molecule has 3 heterocycles. The smallest absolute Gasteiger partial charge is 0.361 e. The Bertz CT molecular complexity index is 1220. The van der Waals surface area contributed by atoms with Gasteiger partial charge in [-0.2, -0.15) is 23.3 Å². The van der Waals surface area contributed by atoms with E-state index in [2.05, 4.69) is 35.8 Å². The summed E-state index contributed by atoms with van der Waals surface area (Å²) in [7, 11) is 0. The zero-order valence-corrected chi connectivity index (χ0v) is 16.6. The van der Waals surface area contributed by atoms with Gasteiger partial charge in [0.2, 0.25) is 5.95 Å². The van der Waals surface area contributed by atoms with Crippen molar-refractivity contribution in [2.45, 2.75) is 37.9 Å². The van der Waals surface area contributed by atoms with Crippen molar-refractivity contribution in [3.8, 4) is 0 Å². The molecular formula is C21H20F3N7. The van der Waals surface area contributed by atoms with Crippen molar-refractivity contribution in [1.29, 1.82) is 0 Å². The fraction of sp³-hybridized carbons (Fsp3) is 0.286. The molecule has 0 unspecified atom stereocenters. The number of aromatic amines is 2. The Morgan fingerprint density at radius 1 is 1.06 bits per heavy atom. The highest BCUT2D eigenvalue weighted by molar-refractivity contribution is 5.80. The molecule has 0 amide bonds. The van der Waals surface area contributed by atoms with Crippen LogP contribution in [0.1, 0.15) is 48.7 Å². The van der Waals surface area contributed by atoms with Crippen LogP contribution in [0.3, 0.4) is 0 Å². The second-order valence-electron chi connectivity index (χ2n) is 7.76. The molecule has 10 heteroatoms. The molecule has 0 spiro atoms. The van der Waals surface area contributed by atoms with Crippen LogP contribution in [-0.4, -0.2) is 25.1 Å². The van der Waals surface area contributed by atoms with Gasteiger partial charge in [-0.25, -0.2) is 4.98 Å². The van der Waals surface area contributed by atoms with E-state index >= 15 is 0 Å². The van der Waals surface area contributed by atoms with Gasteiger partial charge in [0.15, 0.2) is 11.5 Å². The molecule has 160 valence electrons. The third-order valence-corrected chi connectivity index (χ3v) is 5.31. The number of hydrogen-bond acceptors (Lipinski definition) is 5. The second-order valence-corrected chi connectivity index (χ2v) is 7.76. The van der Waals surface area contributed by atoms with E-state index in [0.717, 1.165) is 41.1 Å². The van der Waals surface area contributed by atoms with Crippen LogP contribution in [0.5, 0.6) is 0 Å². The predicted molar refractivity (Wildman–Crippen MR) is 111 cm³/mol. The molecule has 4 N–H and O–H groups in total. The summed E-state index contributed by atoms with van der Waals surface area (Å²) in [6.07, 6.45) is -0.584. The highest BCUT2D eigenvalue weighted by Crippen LogP contribution is 2.40. The Balaban J connectivity index is 1.41. The second kappa shape index (κ2) is 7.29. The number of nitrogens with one attached hydrogen (secondary N) is 4. The van der Waals surface area contributed by atoms with Crippen molar-refractivity contribution in [1.82, 2.24) is 25.1 Å². The van der Waals surface area contributed by atoms with Crippen LogP contribution in [0.25, 0.3) is 10.9 Å². The van der Waals surface area contributed by atoms with Gasteiger partial charge in [0.05, 0.1) is 6.04 Å². The Morgan fingerprint density at radius 3 is 2.68 bits per heavy atom. The first-order valence-electron chi connectivity index (χ1n) is 9.97. The molecule has 0 aliphatic heterocycles. The van der Waals surface area contributed by atoms with Crippen LogP contribution in [0.4, 0.5) is 30.8 Å². The lowest BCUT2D eigenvalue weighted by Gasteiger charge is -2.17. The summed E-state index contributed by atoms with van der Waals surface area (Å²) >= 11 is 0. The highest BCUT2D eigenvalue weighted by Gasteiger charge is 2.34. The van der Waals surface area contributed by atoms with Gasteiger partial charge >= 0.3 is 6.18 Å². The molecule has 1 saturated carbocycles. The predicted octanol–water partition coefficient (Wildman–Crippen LogP) is 5.49. The lowest BCUT2D eigenvalue weighted by molar-refractivity contribution is -0.141. The largest absolute Gasteiger partial charge is 0.433 e. The van der Waals surface area contributed by atoms with E-state index < -0.39 is 11.9 Å². The normalized spacial score (nSPS) is 15.2. The van der Waals surface area contributed by atoms with Crippen LogP contribution in [0.15, 0.2) is 42.6 Å². The number of nitrogens with zero attached hydrogens (tertiary/aromatic N) is 3. The van der Waals surface area contributed by atoms with E-state index in [1.165, 1.54) is 0 Å². The first kappa shape index (κ1) is 19.4. The van der Waals surface area contributed by atoms with Crippen molar-refractivity contribution in [3.05, 3.63) is 59.5 Å². The van der Waals surface area contributed by atoms with Crippen molar-refractivity contribution in [3.63, 3.8) is 0 Å². The monoisotopic (exact) mass is 427 g/mol. The average Bonchev–Trinajstić information content (AvgIpc) is 3.28. The van der Waals surface area contributed by atoms with Gasteiger partial charge in [0.25, 0.3) is 0 Å². The van der Waals surface area contributed by atoms with Gasteiger partial charge in [-0.15, -0.1) is 0 Å². The summed E-state index contributed by atoms with van der Waals surface area (Å²) in [6, 6.07) is 10.1. The zero-order chi connectivity index (χ0) is 21.6. The maximum absolute atomic E-state index is 13.4. The van der Waals surface area contributed by atoms with Gasteiger partial charge in [-0.1, -0.05) is 6.07 Å². The Morgan fingerprint density at radius 2 is 1.90 bits per heavy atom. The van der Waals surface area contributed by atoms with E-state index in [1.54, 1.807) is 6.07 Å². The molecule has 1 atom stereocenters. The number of H-pyrrole nitrogens is 2. The van der Waals surface area contributed by atoms with E-state index in [0.29, 0.717) is 11.7 Å². The van der Waals surface area contributed by atoms with Crippen molar-refractivity contribution in [2.75, 3.05) is 10.6 Å². The molecule has 7 nitrogen and oxygen atoms in total. The minimum absolute atomic E-state index is 0.0203. The lowest BCUT2D eigenvalue weighted by Crippen LogP contribution is -2.15. The lowest BCUT2D eigenvalue weighted by atomic mass is 10.1. The third-order valence-electron chi connectivity index (χ3n) is 5.31. The number of fused-ring (bicyclic) bond motifs is 1. The van der Waals surface area contributed by atoms with E-state index in [-0.39, 0.29) is 17.8 Å². The molecule has 31 heavy (non-hydrogen) atoms. The summed E-state index contributed by atoms with van der Waals surface area (Å²) in [4.78, 5) is 11.0. The van der Waals surface area contributed by atoms with Crippen LogP contribution < -0.4 is 10.6 Å². The summed E-state index contributed by atoms with van der Waals surface area (Å²) in [5.74, 6) is 0.782. The minimum Gasteiger partial charge on any atom is -0.361 e. The molecule has 0 radical (unpaired) electrons. The van der Waals surface area contributed by atoms with Gasteiger partial charge in [-0.3, -0.25) is 5.10 Å². The van der Waals surface area contributed by atoms with Gasteiger partial charge in [-0.05, 0) is 48.9 Å². The molecule has 0 bridgehead atoms. The minimum atomic E-state index is -4.60. The number of hydrogen-bond donors (Lipinski definition) is 4. The quantitative estimate of drug-likeness (QED) is 0.326. The maximum atomic E-state index is 13.4. The molecule has 1 fully saturated rings. The molecule has 1 aromatic carbocycles.